The summed E-state index contributed by atoms with van der Waals surface area (Å²) >= 11 is 0. The highest BCUT2D eigenvalue weighted by Crippen LogP contribution is 2.38. The van der Waals surface area contributed by atoms with Gasteiger partial charge in [-0.2, -0.15) is 13.2 Å². The smallest absolute Gasteiger partial charge is 0.381 e. The van der Waals surface area contributed by atoms with Crippen molar-refractivity contribution in [3.05, 3.63) is 59.7 Å². The first kappa shape index (κ1) is 24.7. The second-order valence-electron chi connectivity index (χ2n) is 9.80. The van der Waals surface area contributed by atoms with Gasteiger partial charge in [-0.25, -0.2) is 0 Å². The van der Waals surface area contributed by atoms with Crippen molar-refractivity contribution in [2.75, 3.05) is 40.4 Å². The maximum absolute atomic E-state index is 13.8. The van der Waals surface area contributed by atoms with Crippen molar-refractivity contribution >= 4 is 5.91 Å². The van der Waals surface area contributed by atoms with Gasteiger partial charge >= 0.3 is 6.18 Å². The van der Waals surface area contributed by atoms with Gasteiger partial charge in [0.05, 0.1) is 11.0 Å². The molecule has 0 atom stereocenters. The quantitative estimate of drug-likeness (QED) is 0.592. The topological polar surface area (TPSA) is 32.8 Å². The molecule has 0 aromatic heterocycles. The Hall–Kier alpha value is -2.38. The number of carbonyl (C=O) groups excluding carboxylic acids is 1. The molecule has 34 heavy (non-hydrogen) atoms. The van der Waals surface area contributed by atoms with Gasteiger partial charge in [0.15, 0.2) is 0 Å². The summed E-state index contributed by atoms with van der Waals surface area (Å²) in [6.45, 7) is 3.12. The van der Waals surface area contributed by atoms with E-state index in [1.807, 2.05) is 36.2 Å². The monoisotopic (exact) mass is 474 g/mol. The highest BCUT2D eigenvalue weighted by Gasteiger charge is 2.43. The van der Waals surface area contributed by atoms with Gasteiger partial charge in [0, 0.05) is 26.3 Å². The Balaban J connectivity index is 1.52. The van der Waals surface area contributed by atoms with Crippen LogP contribution in [-0.4, -0.2) is 62.1 Å². The van der Waals surface area contributed by atoms with Gasteiger partial charge in [-0.15, -0.1) is 0 Å². The van der Waals surface area contributed by atoms with Gasteiger partial charge < -0.3 is 14.5 Å². The molecule has 0 unspecified atom stereocenters. The molecule has 2 aliphatic rings. The summed E-state index contributed by atoms with van der Waals surface area (Å²) < 4.78 is 44.9. The van der Waals surface area contributed by atoms with E-state index in [2.05, 4.69) is 11.9 Å². The molecule has 1 amide bonds. The molecule has 0 aliphatic carbocycles. The minimum atomic E-state index is -4.37. The number of ether oxygens (including phenoxy) is 1. The molecule has 2 fully saturated rings. The lowest BCUT2D eigenvalue weighted by molar-refractivity contribution is -0.149. The van der Waals surface area contributed by atoms with Crippen molar-refractivity contribution in [3.8, 4) is 11.1 Å². The summed E-state index contributed by atoms with van der Waals surface area (Å²) in [7, 11) is 4.05. The molecule has 0 bridgehead atoms. The predicted octanol–water partition coefficient (Wildman–Crippen LogP) is 5.26. The van der Waals surface area contributed by atoms with Gasteiger partial charge in [0.25, 0.3) is 0 Å². The van der Waals surface area contributed by atoms with E-state index in [4.69, 9.17) is 4.74 Å². The van der Waals surface area contributed by atoms with Gasteiger partial charge in [0.1, 0.15) is 0 Å². The van der Waals surface area contributed by atoms with Crippen LogP contribution in [0, 0.1) is 5.41 Å². The van der Waals surface area contributed by atoms with E-state index in [-0.39, 0.29) is 11.9 Å². The summed E-state index contributed by atoms with van der Waals surface area (Å²) in [5.41, 5.74) is 1.11. The fourth-order valence-electron chi connectivity index (χ4n) is 5.23. The minimum Gasteiger partial charge on any atom is -0.381 e. The molecule has 4 nitrogen and oxygen atoms in total. The fraction of sp³-hybridized carbons (Fsp3) is 0.519. The highest BCUT2D eigenvalue weighted by atomic mass is 19.4. The maximum atomic E-state index is 13.8. The zero-order valence-electron chi connectivity index (χ0n) is 19.9. The molecule has 4 rings (SSSR count). The van der Waals surface area contributed by atoms with Gasteiger partial charge in [-0.3, -0.25) is 4.79 Å². The molecule has 0 N–H and O–H groups in total. The first-order chi connectivity index (χ1) is 16.2. The average molecular weight is 475 g/mol. The third kappa shape index (κ3) is 5.47. The lowest BCUT2D eigenvalue weighted by Crippen LogP contribution is -2.52. The third-order valence-corrected chi connectivity index (χ3v) is 7.48. The normalized spacial score (nSPS) is 19.7. The van der Waals surface area contributed by atoms with Crippen molar-refractivity contribution in [1.29, 1.82) is 0 Å². The van der Waals surface area contributed by atoms with E-state index in [0.29, 0.717) is 38.0 Å². The van der Waals surface area contributed by atoms with E-state index in [1.54, 1.807) is 6.07 Å². The number of rotatable bonds is 5. The summed E-state index contributed by atoms with van der Waals surface area (Å²) in [6, 6.07) is 13.2. The standard InChI is InChI=1S/C27H33F3N2O2/c1-31-14-10-24(11-15-31)32(2)25(33)26(12-16-34-17-13-26)19-20-6-8-21(9-7-20)22-4-3-5-23(18-22)27(28,29)30/h3-9,18,24H,10-17,19H2,1-2H3. The van der Waals surface area contributed by atoms with Crippen LogP contribution in [0.4, 0.5) is 13.2 Å². The Kier molecular flexibility index (Phi) is 7.33. The minimum absolute atomic E-state index is 0.187. The number of hydrogen-bond donors (Lipinski definition) is 0. The van der Waals surface area contributed by atoms with E-state index >= 15 is 0 Å². The molecule has 2 aliphatic heterocycles. The van der Waals surface area contributed by atoms with E-state index in [1.165, 1.54) is 12.1 Å². The van der Waals surface area contributed by atoms with Crippen LogP contribution >= 0.6 is 0 Å². The number of carbonyl (C=O) groups is 1. The highest BCUT2D eigenvalue weighted by molar-refractivity contribution is 5.83. The molecular formula is C27H33F3N2O2. The lowest BCUT2D eigenvalue weighted by Gasteiger charge is -2.43. The maximum Gasteiger partial charge on any atom is 0.416 e. The molecular weight excluding hydrogens is 441 g/mol. The van der Waals surface area contributed by atoms with Crippen LogP contribution in [0.15, 0.2) is 48.5 Å². The second-order valence-corrected chi connectivity index (χ2v) is 9.80. The van der Waals surface area contributed by atoms with Crippen molar-refractivity contribution in [2.45, 2.75) is 44.3 Å². The average Bonchev–Trinajstić information content (AvgIpc) is 2.84. The first-order valence-electron chi connectivity index (χ1n) is 12.0. The fourth-order valence-corrected chi connectivity index (χ4v) is 5.23. The van der Waals surface area contributed by atoms with Crippen LogP contribution in [0.2, 0.25) is 0 Å². The van der Waals surface area contributed by atoms with Gasteiger partial charge in [-0.1, -0.05) is 36.4 Å². The molecule has 0 radical (unpaired) electrons. The van der Waals surface area contributed by atoms with Crippen molar-refractivity contribution in [1.82, 2.24) is 9.80 Å². The molecule has 2 aromatic carbocycles. The third-order valence-electron chi connectivity index (χ3n) is 7.48. The summed E-state index contributed by atoms with van der Waals surface area (Å²) in [4.78, 5) is 18.0. The molecule has 184 valence electrons. The number of nitrogens with zero attached hydrogens (tertiary/aromatic N) is 2. The number of hydrogen-bond acceptors (Lipinski definition) is 3. The van der Waals surface area contributed by atoms with Crippen molar-refractivity contribution < 1.29 is 22.7 Å². The molecule has 7 heteroatoms. The number of amides is 1. The van der Waals surface area contributed by atoms with Crippen LogP contribution in [0.25, 0.3) is 11.1 Å². The Bertz CT molecular complexity index is 976. The molecule has 2 saturated heterocycles. The van der Waals surface area contributed by atoms with Crippen molar-refractivity contribution in [2.24, 2.45) is 5.41 Å². The number of piperidine rings is 1. The van der Waals surface area contributed by atoms with E-state index in [9.17, 15) is 18.0 Å². The molecule has 0 spiro atoms. The second kappa shape index (κ2) is 10.1. The van der Waals surface area contributed by atoms with Crippen LogP contribution in [0.1, 0.15) is 36.8 Å². The predicted molar refractivity (Wildman–Crippen MR) is 126 cm³/mol. The Labute approximate surface area is 199 Å². The SMILES string of the molecule is CN1CCC(N(C)C(=O)C2(Cc3ccc(-c4cccc(C(F)(F)F)c4)cc3)CCOCC2)CC1. The molecule has 0 saturated carbocycles. The van der Waals surface area contributed by atoms with Crippen LogP contribution in [-0.2, 0) is 22.1 Å². The summed E-state index contributed by atoms with van der Waals surface area (Å²) in [5, 5.41) is 0. The Morgan fingerprint density at radius 1 is 1.06 bits per heavy atom. The van der Waals surface area contributed by atoms with Gasteiger partial charge in [0.2, 0.25) is 5.91 Å². The van der Waals surface area contributed by atoms with Crippen molar-refractivity contribution in [3.63, 3.8) is 0 Å². The zero-order valence-corrected chi connectivity index (χ0v) is 19.9. The lowest BCUT2D eigenvalue weighted by atomic mass is 9.73. The van der Waals surface area contributed by atoms with Crippen LogP contribution in [0.3, 0.4) is 0 Å². The molecule has 2 heterocycles. The number of benzene rings is 2. The number of halogens is 3. The Morgan fingerprint density at radius 2 is 1.71 bits per heavy atom. The van der Waals surface area contributed by atoms with E-state index < -0.39 is 17.2 Å². The zero-order chi connectivity index (χ0) is 24.3. The Morgan fingerprint density at radius 3 is 2.32 bits per heavy atom. The number of likely N-dealkylation sites (tertiary alicyclic amines) is 1. The van der Waals surface area contributed by atoms with Crippen LogP contribution in [0.5, 0.6) is 0 Å². The van der Waals surface area contributed by atoms with E-state index in [0.717, 1.165) is 43.1 Å². The number of alkyl halides is 3. The van der Waals surface area contributed by atoms with Crippen LogP contribution < -0.4 is 0 Å². The summed E-state index contributed by atoms with van der Waals surface area (Å²) in [5.74, 6) is 0.187. The van der Waals surface area contributed by atoms with Gasteiger partial charge in [-0.05, 0) is 81.1 Å². The molecule has 2 aromatic rings. The first-order valence-corrected chi connectivity index (χ1v) is 12.0. The summed E-state index contributed by atoms with van der Waals surface area (Å²) in [6.07, 6.45) is -0.440. The largest absolute Gasteiger partial charge is 0.416 e.